The minimum atomic E-state index is -4.65. The second-order valence-electron chi connectivity index (χ2n) is 8.02. The lowest BCUT2D eigenvalue weighted by molar-refractivity contribution is -0.138. The Balaban J connectivity index is 1.47. The number of amides is 1. The number of methoxy groups -OCH3 is 1. The molecule has 192 valence electrons. The van der Waals surface area contributed by atoms with Crippen LogP contribution in [0.4, 0.5) is 13.2 Å². The van der Waals surface area contributed by atoms with E-state index < -0.39 is 23.7 Å². The molecular weight excluding hydrogens is 519 g/mol. The molecule has 2 aromatic rings. The molecule has 2 aliphatic heterocycles. The fourth-order valence-corrected chi connectivity index (χ4v) is 4.83. The lowest BCUT2D eigenvalue weighted by Gasteiger charge is -2.16. The van der Waals surface area contributed by atoms with Crippen molar-refractivity contribution in [1.29, 1.82) is 0 Å². The predicted molar refractivity (Wildman–Crippen MR) is 132 cm³/mol. The molecule has 7 nitrogen and oxygen atoms in total. The van der Waals surface area contributed by atoms with E-state index in [0.717, 1.165) is 25.1 Å². The second kappa shape index (κ2) is 11.0. The summed E-state index contributed by atoms with van der Waals surface area (Å²) in [6, 6.07) is 7.98. The van der Waals surface area contributed by atoms with Crippen LogP contribution in [0.15, 0.2) is 46.3 Å². The first-order valence-electron chi connectivity index (χ1n) is 11.0. The van der Waals surface area contributed by atoms with Gasteiger partial charge in [-0.15, -0.1) is 0 Å². The Morgan fingerprint density at radius 1 is 1.25 bits per heavy atom. The largest absolute Gasteiger partial charge is 0.493 e. The highest BCUT2D eigenvalue weighted by molar-refractivity contribution is 8.17. The monoisotopic (exact) mass is 541 g/mol. The van der Waals surface area contributed by atoms with Gasteiger partial charge in [-0.2, -0.15) is 13.2 Å². The number of ether oxygens (including phenoxy) is 2. The van der Waals surface area contributed by atoms with Crippen molar-refractivity contribution in [3.63, 3.8) is 0 Å². The number of hydrogen-bond acceptors (Lipinski definition) is 6. The topological polar surface area (TPSA) is 83.4 Å². The number of halogens is 4. The van der Waals surface area contributed by atoms with Crippen LogP contribution in [0, 0.1) is 0 Å². The van der Waals surface area contributed by atoms with Gasteiger partial charge in [0.15, 0.2) is 22.9 Å². The summed E-state index contributed by atoms with van der Waals surface area (Å²) in [5.74, 6) is 0.0275. The van der Waals surface area contributed by atoms with E-state index in [2.05, 4.69) is 10.3 Å². The molecule has 0 radical (unpaired) electrons. The van der Waals surface area contributed by atoms with Crippen LogP contribution in [0.25, 0.3) is 6.08 Å². The highest BCUT2D eigenvalue weighted by atomic mass is 35.5. The quantitative estimate of drug-likeness (QED) is 0.505. The Morgan fingerprint density at radius 3 is 2.72 bits per heavy atom. The number of nitrogens with zero attached hydrogens (tertiary/aromatic N) is 2. The van der Waals surface area contributed by atoms with E-state index >= 15 is 0 Å². The molecule has 0 saturated carbocycles. The summed E-state index contributed by atoms with van der Waals surface area (Å²) in [5, 5.41) is 13.7. The first kappa shape index (κ1) is 26.2. The van der Waals surface area contributed by atoms with Crippen LogP contribution in [-0.4, -0.2) is 54.1 Å². The van der Waals surface area contributed by atoms with Crippen LogP contribution in [0.1, 0.15) is 24.0 Å². The molecule has 0 aliphatic carbocycles. The first-order chi connectivity index (χ1) is 17.1. The van der Waals surface area contributed by atoms with Crippen LogP contribution >= 0.6 is 23.4 Å². The Kier molecular flexibility index (Phi) is 8.01. The van der Waals surface area contributed by atoms with Crippen molar-refractivity contribution in [1.82, 2.24) is 10.2 Å². The molecule has 2 saturated heterocycles. The van der Waals surface area contributed by atoms with Gasteiger partial charge in [-0.25, -0.2) is 0 Å². The molecule has 0 bridgehead atoms. The molecule has 2 aromatic carbocycles. The van der Waals surface area contributed by atoms with E-state index in [1.165, 1.54) is 31.0 Å². The van der Waals surface area contributed by atoms with Crippen molar-refractivity contribution in [3.05, 3.63) is 57.5 Å². The summed E-state index contributed by atoms with van der Waals surface area (Å²) in [5.41, 5.74) is -0.362. The number of likely N-dealkylation sites (tertiary alicyclic amines) is 1. The Morgan fingerprint density at radius 2 is 2.03 bits per heavy atom. The second-order valence-corrected chi connectivity index (χ2v) is 9.52. The number of benzene rings is 2. The predicted octanol–water partition coefficient (Wildman–Crippen LogP) is 5.13. The molecule has 12 heteroatoms. The molecule has 1 unspecified atom stereocenters. The van der Waals surface area contributed by atoms with Gasteiger partial charge in [0.05, 0.1) is 19.2 Å². The van der Waals surface area contributed by atoms with Gasteiger partial charge in [0.1, 0.15) is 5.75 Å². The van der Waals surface area contributed by atoms with Crippen LogP contribution in [0.5, 0.6) is 17.2 Å². The third-order valence-electron chi connectivity index (χ3n) is 5.50. The number of thioether (sulfide) groups is 1. The number of aliphatic hydroxyl groups excluding tert-OH is 1. The minimum Gasteiger partial charge on any atom is -0.493 e. The van der Waals surface area contributed by atoms with Gasteiger partial charge in [-0.1, -0.05) is 29.4 Å². The third kappa shape index (κ3) is 6.26. The van der Waals surface area contributed by atoms with E-state index in [1.807, 2.05) is 0 Å². The van der Waals surface area contributed by atoms with Crippen LogP contribution in [-0.2, 0) is 11.0 Å². The van der Waals surface area contributed by atoms with Crippen molar-refractivity contribution in [2.45, 2.75) is 25.2 Å². The molecule has 1 amide bonds. The van der Waals surface area contributed by atoms with Crippen molar-refractivity contribution < 1.29 is 32.5 Å². The van der Waals surface area contributed by atoms with Gasteiger partial charge < -0.3 is 24.8 Å². The van der Waals surface area contributed by atoms with E-state index in [1.54, 1.807) is 23.1 Å². The summed E-state index contributed by atoms with van der Waals surface area (Å²) in [7, 11) is 1.38. The highest BCUT2D eigenvalue weighted by Crippen LogP contribution is 2.42. The highest BCUT2D eigenvalue weighted by Gasteiger charge is 2.35. The fourth-order valence-electron chi connectivity index (χ4n) is 3.74. The molecule has 2 N–H and O–H groups in total. The Hall–Kier alpha value is -2.89. The van der Waals surface area contributed by atoms with E-state index in [0.29, 0.717) is 35.1 Å². The van der Waals surface area contributed by atoms with E-state index in [4.69, 9.17) is 21.1 Å². The average Bonchev–Trinajstić information content (AvgIpc) is 3.39. The molecule has 36 heavy (non-hydrogen) atoms. The maximum absolute atomic E-state index is 13.4. The lowest BCUT2D eigenvalue weighted by atomic mass is 10.1. The number of alkyl halides is 3. The van der Waals surface area contributed by atoms with Crippen molar-refractivity contribution in [2.75, 3.05) is 26.7 Å². The molecule has 2 fully saturated rings. The summed E-state index contributed by atoms with van der Waals surface area (Å²) >= 11 is 6.99. The van der Waals surface area contributed by atoms with Gasteiger partial charge in [-0.3, -0.25) is 9.79 Å². The molecule has 2 heterocycles. The SMILES string of the molecule is COc1cc(/C=C2\SC(=NCCN3CCCC3=O)NC2O)ccc1Oc1ccc(Cl)cc1C(F)(F)F. The lowest BCUT2D eigenvalue weighted by Crippen LogP contribution is -2.29. The molecule has 1 atom stereocenters. The number of amidine groups is 1. The number of carbonyl (C=O) groups excluding carboxylic acids is 1. The fraction of sp³-hybridized carbons (Fsp3) is 0.333. The van der Waals surface area contributed by atoms with E-state index in [9.17, 15) is 23.1 Å². The summed E-state index contributed by atoms with van der Waals surface area (Å²) in [6.45, 7) is 1.70. The van der Waals surface area contributed by atoms with Gasteiger partial charge >= 0.3 is 6.18 Å². The third-order valence-corrected chi connectivity index (χ3v) is 6.76. The van der Waals surface area contributed by atoms with Crippen LogP contribution < -0.4 is 14.8 Å². The average molecular weight is 542 g/mol. The van der Waals surface area contributed by atoms with Crippen molar-refractivity contribution in [2.24, 2.45) is 4.99 Å². The van der Waals surface area contributed by atoms with Crippen LogP contribution in [0.3, 0.4) is 0 Å². The van der Waals surface area contributed by atoms with Gasteiger partial charge in [0.25, 0.3) is 0 Å². The van der Waals surface area contributed by atoms with Gasteiger partial charge in [0.2, 0.25) is 5.91 Å². The normalized spacial score (nSPS) is 20.3. The van der Waals surface area contributed by atoms with E-state index in [-0.39, 0.29) is 22.4 Å². The molecule has 2 aliphatic rings. The molecule has 4 rings (SSSR count). The zero-order valence-electron chi connectivity index (χ0n) is 19.1. The number of nitrogens with one attached hydrogen (secondary N) is 1. The maximum atomic E-state index is 13.4. The Labute approximate surface area is 214 Å². The van der Waals surface area contributed by atoms with Gasteiger partial charge in [0, 0.05) is 29.4 Å². The number of hydrogen-bond donors (Lipinski definition) is 2. The number of rotatable bonds is 7. The standard InChI is InChI=1S/C24H23ClF3N3O4S/c1-34-19-11-14(4-6-18(19)35-17-7-5-15(25)13-16(17)24(26,27)28)12-20-22(33)30-23(36-20)29-8-10-31-9-2-3-21(31)32/h4-7,11-13,22,33H,2-3,8-10H2,1H3,(H,29,30)/b20-12-. The molecule has 0 spiro atoms. The molecular formula is C24H23ClF3N3O4S. The first-order valence-corrected chi connectivity index (χ1v) is 12.2. The maximum Gasteiger partial charge on any atom is 0.420 e. The molecule has 0 aromatic heterocycles. The summed E-state index contributed by atoms with van der Waals surface area (Å²) in [4.78, 5) is 18.5. The summed E-state index contributed by atoms with van der Waals surface area (Å²) < 4.78 is 51.1. The number of carbonyl (C=O) groups is 1. The smallest absolute Gasteiger partial charge is 0.420 e. The van der Waals surface area contributed by atoms with Crippen LogP contribution in [0.2, 0.25) is 5.02 Å². The van der Waals surface area contributed by atoms with Crippen molar-refractivity contribution in [3.8, 4) is 17.2 Å². The van der Waals surface area contributed by atoms with Crippen molar-refractivity contribution >= 4 is 40.5 Å². The zero-order chi connectivity index (χ0) is 25.9. The zero-order valence-corrected chi connectivity index (χ0v) is 20.7. The summed E-state index contributed by atoms with van der Waals surface area (Å²) in [6.07, 6.45) is -2.46. The number of aliphatic imine (C=N–C) groups is 1. The van der Waals surface area contributed by atoms with Gasteiger partial charge in [-0.05, 0) is 48.4 Å². The number of aliphatic hydroxyl groups is 1. The Bertz CT molecular complexity index is 1210. The minimum absolute atomic E-state index is 0.0581.